The van der Waals surface area contributed by atoms with E-state index in [9.17, 15) is 0 Å². The van der Waals surface area contributed by atoms with Crippen molar-refractivity contribution in [2.45, 2.75) is 10.8 Å². The first kappa shape index (κ1) is 43.1. The summed E-state index contributed by atoms with van der Waals surface area (Å²) in [6.45, 7) is 0. The molecule has 1 heterocycles. The molecule has 354 valence electrons. The van der Waals surface area contributed by atoms with Crippen LogP contribution in [0.25, 0.3) is 75.8 Å². The zero-order valence-corrected chi connectivity index (χ0v) is 42.3. The van der Waals surface area contributed by atoms with Gasteiger partial charge in [-0.25, -0.2) is 0 Å². The van der Waals surface area contributed by atoms with Crippen LogP contribution in [-0.4, -0.2) is 0 Å². The standard InChI is InChI=1S/C74H47NS/c1-4-21-48(22-5-1)62-46-63-58-30-13-18-37-67(58)74(65-35-16-11-27-55(65)56-28-12-17-36-66(56)74)69(63)47-70(62)75(52-41-39-49(40-42-52)54-32-20-33-61-60-31-14-19-38-71(60)76-72(54)61)53-43-44-59-57-29-10-15-34-64(57)73(68(59)45-53,50-23-6-2-7-24-50)51-25-8-3-9-26-51/h1-47H. The predicted molar refractivity (Wildman–Crippen MR) is 318 cm³/mol. The van der Waals surface area contributed by atoms with Gasteiger partial charge < -0.3 is 4.90 Å². The van der Waals surface area contributed by atoms with Crippen molar-refractivity contribution in [3.8, 4) is 55.6 Å². The van der Waals surface area contributed by atoms with Crippen molar-refractivity contribution in [2.24, 2.45) is 0 Å². The van der Waals surface area contributed by atoms with Gasteiger partial charge in [-0.3, -0.25) is 0 Å². The average molecular weight is 982 g/mol. The molecule has 0 radical (unpaired) electrons. The Morgan fingerprint density at radius 2 is 0.711 bits per heavy atom. The number of nitrogens with zero attached hydrogens (tertiary/aromatic N) is 1. The highest BCUT2D eigenvalue weighted by Crippen LogP contribution is 2.65. The summed E-state index contributed by atoms with van der Waals surface area (Å²) in [5.74, 6) is 0. The minimum absolute atomic E-state index is 0.531. The maximum absolute atomic E-state index is 2.58. The molecule has 0 saturated heterocycles. The third-order valence-corrected chi connectivity index (χ3v) is 18.2. The lowest BCUT2D eigenvalue weighted by Gasteiger charge is -2.35. The molecule has 76 heavy (non-hydrogen) atoms. The van der Waals surface area contributed by atoms with Crippen LogP contribution >= 0.6 is 11.3 Å². The summed E-state index contributed by atoms with van der Waals surface area (Å²) >= 11 is 1.88. The minimum atomic E-state index is -0.577. The van der Waals surface area contributed by atoms with E-state index in [1.165, 1.54) is 120 Å². The van der Waals surface area contributed by atoms with E-state index in [2.05, 4.69) is 290 Å². The predicted octanol–water partition coefficient (Wildman–Crippen LogP) is 19.6. The van der Waals surface area contributed by atoms with E-state index in [0.717, 1.165) is 17.1 Å². The topological polar surface area (TPSA) is 3.24 Å². The summed E-state index contributed by atoms with van der Waals surface area (Å²) in [6.07, 6.45) is 0. The smallest absolute Gasteiger partial charge is 0.0726 e. The second-order valence-corrected chi connectivity index (χ2v) is 21.6. The second-order valence-electron chi connectivity index (χ2n) is 20.6. The van der Waals surface area contributed by atoms with Crippen LogP contribution in [0.15, 0.2) is 285 Å². The lowest BCUT2D eigenvalue weighted by Crippen LogP contribution is -2.28. The summed E-state index contributed by atoms with van der Waals surface area (Å²) in [7, 11) is 0. The van der Waals surface area contributed by atoms with E-state index in [-0.39, 0.29) is 0 Å². The van der Waals surface area contributed by atoms with Crippen LogP contribution in [0.5, 0.6) is 0 Å². The van der Waals surface area contributed by atoms with Gasteiger partial charge in [-0.1, -0.05) is 243 Å². The highest BCUT2D eigenvalue weighted by Gasteiger charge is 2.52. The molecule has 1 nitrogen and oxygen atoms in total. The Kier molecular flexibility index (Phi) is 9.40. The molecule has 1 aromatic heterocycles. The molecule has 3 aliphatic carbocycles. The highest BCUT2D eigenvalue weighted by molar-refractivity contribution is 7.26. The van der Waals surface area contributed by atoms with Crippen LogP contribution in [0.2, 0.25) is 0 Å². The van der Waals surface area contributed by atoms with Gasteiger partial charge in [0.25, 0.3) is 0 Å². The summed E-state index contributed by atoms with van der Waals surface area (Å²) in [5.41, 5.74) is 25.0. The fourth-order valence-corrected chi connectivity index (χ4v) is 15.2. The van der Waals surface area contributed by atoms with Gasteiger partial charge in [-0.2, -0.15) is 0 Å². The maximum Gasteiger partial charge on any atom is 0.0726 e. The molecule has 13 aromatic rings. The molecule has 0 amide bonds. The van der Waals surface area contributed by atoms with Crippen LogP contribution in [-0.2, 0) is 10.8 Å². The van der Waals surface area contributed by atoms with Crippen molar-refractivity contribution in [2.75, 3.05) is 4.90 Å². The Morgan fingerprint density at radius 1 is 0.263 bits per heavy atom. The molecular formula is C74H47NS. The van der Waals surface area contributed by atoms with Crippen molar-refractivity contribution in [3.05, 3.63) is 330 Å². The first-order chi connectivity index (χ1) is 37.7. The monoisotopic (exact) mass is 981 g/mol. The van der Waals surface area contributed by atoms with Gasteiger partial charge in [0.15, 0.2) is 0 Å². The van der Waals surface area contributed by atoms with Gasteiger partial charge in [0, 0.05) is 37.1 Å². The van der Waals surface area contributed by atoms with Crippen molar-refractivity contribution >= 4 is 48.6 Å². The lowest BCUT2D eigenvalue weighted by molar-refractivity contribution is 0.768. The summed E-state index contributed by atoms with van der Waals surface area (Å²) in [6, 6.07) is 107. The van der Waals surface area contributed by atoms with Gasteiger partial charge in [0.2, 0.25) is 0 Å². The maximum atomic E-state index is 2.58. The van der Waals surface area contributed by atoms with E-state index in [0.29, 0.717) is 0 Å². The van der Waals surface area contributed by atoms with Crippen LogP contribution in [0.4, 0.5) is 17.1 Å². The summed E-state index contributed by atoms with van der Waals surface area (Å²) in [5, 5.41) is 2.62. The quantitative estimate of drug-likeness (QED) is 0.154. The van der Waals surface area contributed by atoms with Crippen LogP contribution in [0.3, 0.4) is 0 Å². The molecular weight excluding hydrogens is 935 g/mol. The van der Waals surface area contributed by atoms with Crippen molar-refractivity contribution < 1.29 is 0 Å². The summed E-state index contributed by atoms with van der Waals surface area (Å²) < 4.78 is 2.63. The molecule has 0 N–H and O–H groups in total. The number of hydrogen-bond donors (Lipinski definition) is 0. The SMILES string of the molecule is c1ccc(-c2cc3c(cc2N(c2ccc(-c4cccc5c4sc4ccccc45)cc2)c2ccc4c(c2)C(c2ccccc2)(c2ccccc2)c2ccccc2-4)C2(c4ccccc4-c4ccccc42)c2ccccc2-3)cc1. The van der Waals surface area contributed by atoms with Crippen LogP contribution < -0.4 is 4.90 Å². The van der Waals surface area contributed by atoms with Gasteiger partial charge in [-0.05, 0) is 137 Å². The largest absolute Gasteiger partial charge is 0.310 e. The molecule has 0 bridgehead atoms. The number of thiophene rings is 1. The van der Waals surface area contributed by atoms with E-state index in [1.807, 2.05) is 11.3 Å². The fourth-order valence-electron chi connectivity index (χ4n) is 13.9. The van der Waals surface area contributed by atoms with Crippen molar-refractivity contribution in [3.63, 3.8) is 0 Å². The normalized spacial score (nSPS) is 13.7. The Labute approximate surface area is 446 Å². The Balaban J connectivity index is 0.998. The number of fused-ring (bicyclic) bond motifs is 16. The van der Waals surface area contributed by atoms with Crippen molar-refractivity contribution in [1.29, 1.82) is 0 Å². The third-order valence-electron chi connectivity index (χ3n) is 17.0. The van der Waals surface area contributed by atoms with E-state index >= 15 is 0 Å². The van der Waals surface area contributed by atoms with E-state index in [4.69, 9.17) is 0 Å². The minimum Gasteiger partial charge on any atom is -0.310 e. The lowest BCUT2D eigenvalue weighted by atomic mass is 9.67. The molecule has 16 rings (SSSR count). The first-order valence-corrected chi connectivity index (χ1v) is 27.2. The number of benzene rings is 12. The van der Waals surface area contributed by atoms with E-state index < -0.39 is 10.8 Å². The second kappa shape index (κ2) is 16.6. The van der Waals surface area contributed by atoms with E-state index in [1.54, 1.807) is 0 Å². The number of anilines is 3. The Morgan fingerprint density at radius 3 is 1.33 bits per heavy atom. The fraction of sp³-hybridized carbons (Fsp3) is 0.0270. The van der Waals surface area contributed by atoms with Crippen LogP contribution in [0, 0.1) is 0 Å². The molecule has 12 aromatic carbocycles. The summed E-state index contributed by atoms with van der Waals surface area (Å²) in [4.78, 5) is 2.57. The molecule has 0 fully saturated rings. The Bertz CT molecular complexity index is 4370. The Hall–Kier alpha value is -9.34. The number of hydrogen-bond acceptors (Lipinski definition) is 2. The highest BCUT2D eigenvalue weighted by atomic mass is 32.1. The zero-order chi connectivity index (χ0) is 50.0. The molecule has 3 aliphatic rings. The molecule has 0 aliphatic heterocycles. The third kappa shape index (κ3) is 5.90. The van der Waals surface area contributed by atoms with Crippen LogP contribution in [0.1, 0.15) is 44.5 Å². The van der Waals surface area contributed by atoms with Crippen molar-refractivity contribution in [1.82, 2.24) is 0 Å². The number of rotatable bonds is 7. The van der Waals surface area contributed by atoms with Gasteiger partial charge in [-0.15, -0.1) is 11.3 Å². The zero-order valence-electron chi connectivity index (χ0n) is 41.5. The van der Waals surface area contributed by atoms with Gasteiger partial charge in [0.1, 0.15) is 0 Å². The molecule has 0 unspecified atom stereocenters. The van der Waals surface area contributed by atoms with Gasteiger partial charge >= 0.3 is 0 Å². The molecule has 0 saturated carbocycles. The molecule has 1 spiro atoms. The van der Waals surface area contributed by atoms with Gasteiger partial charge in [0.05, 0.1) is 16.5 Å². The first-order valence-electron chi connectivity index (χ1n) is 26.4. The molecule has 2 heteroatoms. The molecule has 0 atom stereocenters. The average Bonchev–Trinajstić information content (AvgIpc) is 4.41.